The first-order valence-corrected chi connectivity index (χ1v) is 7.27. The average Bonchev–Trinajstić information content (AvgIpc) is 2.83. The number of anilines is 1. The van der Waals surface area contributed by atoms with Crippen molar-refractivity contribution in [1.29, 1.82) is 5.26 Å². The molecule has 1 aromatic carbocycles. The number of amides is 1. The summed E-state index contributed by atoms with van der Waals surface area (Å²) in [4.78, 5) is 34.2. The Morgan fingerprint density at radius 2 is 1.91 bits per heavy atom. The van der Waals surface area contributed by atoms with Crippen LogP contribution in [0.25, 0.3) is 0 Å². The van der Waals surface area contributed by atoms with Crippen LogP contribution in [-0.2, 0) is 0 Å². The summed E-state index contributed by atoms with van der Waals surface area (Å²) in [6, 6.07) is 7.07. The Balaban J connectivity index is 2.30. The van der Waals surface area contributed by atoms with E-state index in [9.17, 15) is 25.0 Å². The average molecular weight is 329 g/mol. The van der Waals surface area contributed by atoms with Gasteiger partial charge in [-0.2, -0.15) is 5.26 Å². The highest BCUT2D eigenvalue weighted by atomic mass is 32.1. The maximum absolute atomic E-state index is 12.2. The number of rotatable bonds is 4. The molecule has 2 rings (SSSR count). The molecule has 1 aromatic heterocycles. The van der Waals surface area contributed by atoms with Gasteiger partial charge in [-0.15, -0.1) is 11.3 Å². The SMILES string of the molecule is CC(=O)c1sc(NC(=O)c2ccc([N+](=O)[O-])cc2)c(C#N)c1C. The van der Waals surface area contributed by atoms with Crippen LogP contribution >= 0.6 is 11.3 Å². The van der Waals surface area contributed by atoms with E-state index in [1.807, 2.05) is 6.07 Å². The molecule has 7 nitrogen and oxygen atoms in total. The molecule has 0 saturated heterocycles. The van der Waals surface area contributed by atoms with Gasteiger partial charge in [0.05, 0.1) is 15.4 Å². The second-order valence-electron chi connectivity index (χ2n) is 4.69. The third kappa shape index (κ3) is 3.25. The maximum atomic E-state index is 12.2. The molecule has 0 aliphatic heterocycles. The minimum absolute atomic E-state index is 0.120. The lowest BCUT2D eigenvalue weighted by Crippen LogP contribution is -2.11. The van der Waals surface area contributed by atoms with Crippen LogP contribution in [0, 0.1) is 28.4 Å². The molecule has 116 valence electrons. The number of thiophene rings is 1. The second-order valence-corrected chi connectivity index (χ2v) is 5.71. The number of benzene rings is 1. The number of nitrogens with one attached hydrogen (secondary N) is 1. The van der Waals surface area contributed by atoms with E-state index in [1.165, 1.54) is 31.2 Å². The van der Waals surface area contributed by atoms with E-state index in [2.05, 4.69) is 5.32 Å². The van der Waals surface area contributed by atoms with Crippen molar-refractivity contribution in [2.45, 2.75) is 13.8 Å². The van der Waals surface area contributed by atoms with Gasteiger partial charge in [0.1, 0.15) is 11.1 Å². The second kappa shape index (κ2) is 6.37. The van der Waals surface area contributed by atoms with Gasteiger partial charge in [0, 0.05) is 17.7 Å². The number of hydrogen-bond acceptors (Lipinski definition) is 6. The van der Waals surface area contributed by atoms with Crippen LogP contribution in [0.2, 0.25) is 0 Å². The number of Topliss-reactive ketones (excluding diaryl/α,β-unsaturated/α-hetero) is 1. The molecule has 0 spiro atoms. The fourth-order valence-electron chi connectivity index (χ4n) is 1.98. The van der Waals surface area contributed by atoms with Crippen LogP contribution in [0.5, 0.6) is 0 Å². The Morgan fingerprint density at radius 1 is 1.30 bits per heavy atom. The van der Waals surface area contributed by atoms with Crippen molar-refractivity contribution in [3.05, 3.63) is 55.9 Å². The van der Waals surface area contributed by atoms with Crippen molar-refractivity contribution < 1.29 is 14.5 Å². The highest BCUT2D eigenvalue weighted by molar-refractivity contribution is 7.18. The van der Waals surface area contributed by atoms with Crippen molar-refractivity contribution in [1.82, 2.24) is 0 Å². The lowest BCUT2D eigenvalue weighted by Gasteiger charge is -2.03. The zero-order chi connectivity index (χ0) is 17.1. The Labute approximate surface area is 135 Å². The van der Waals surface area contributed by atoms with Gasteiger partial charge in [0.15, 0.2) is 5.78 Å². The molecule has 1 heterocycles. The van der Waals surface area contributed by atoms with E-state index in [-0.39, 0.29) is 22.6 Å². The van der Waals surface area contributed by atoms with Gasteiger partial charge in [0.2, 0.25) is 0 Å². The number of hydrogen-bond donors (Lipinski definition) is 1. The number of ketones is 1. The third-order valence-electron chi connectivity index (χ3n) is 3.15. The van der Waals surface area contributed by atoms with Crippen molar-refractivity contribution >= 4 is 33.7 Å². The van der Waals surface area contributed by atoms with Gasteiger partial charge in [-0.3, -0.25) is 19.7 Å². The Hall–Kier alpha value is -3.05. The first kappa shape index (κ1) is 16.3. The predicted molar refractivity (Wildman–Crippen MR) is 84.8 cm³/mol. The summed E-state index contributed by atoms with van der Waals surface area (Å²) < 4.78 is 0. The topological polar surface area (TPSA) is 113 Å². The summed E-state index contributed by atoms with van der Waals surface area (Å²) in [6.45, 7) is 3.04. The molecule has 0 bridgehead atoms. The molecule has 1 N–H and O–H groups in total. The predicted octanol–water partition coefficient (Wildman–Crippen LogP) is 3.29. The largest absolute Gasteiger partial charge is 0.312 e. The van der Waals surface area contributed by atoms with Gasteiger partial charge in [-0.1, -0.05) is 0 Å². The number of nitro groups is 1. The molecule has 0 radical (unpaired) electrons. The monoisotopic (exact) mass is 329 g/mol. The smallest absolute Gasteiger partial charge is 0.269 e. The molecular formula is C15H11N3O4S. The number of nitro benzene ring substituents is 1. The van der Waals surface area contributed by atoms with Gasteiger partial charge < -0.3 is 5.32 Å². The van der Waals surface area contributed by atoms with Gasteiger partial charge in [-0.05, 0) is 31.5 Å². The fraction of sp³-hybridized carbons (Fsp3) is 0.133. The Kier molecular flexibility index (Phi) is 4.52. The zero-order valence-corrected chi connectivity index (χ0v) is 13.1. The van der Waals surface area contributed by atoms with Crippen molar-refractivity contribution in [3.63, 3.8) is 0 Å². The summed E-state index contributed by atoms with van der Waals surface area (Å²) in [5.74, 6) is -0.687. The van der Waals surface area contributed by atoms with Crippen LogP contribution in [0.4, 0.5) is 10.7 Å². The molecule has 23 heavy (non-hydrogen) atoms. The lowest BCUT2D eigenvalue weighted by molar-refractivity contribution is -0.384. The van der Waals surface area contributed by atoms with Crippen LogP contribution in [-0.4, -0.2) is 16.6 Å². The standard InChI is InChI=1S/C15H11N3O4S/c1-8-12(7-16)15(23-13(8)9(2)19)17-14(20)10-3-5-11(6-4-10)18(21)22/h3-6H,1-2H3,(H,17,20). The van der Waals surface area contributed by atoms with Crippen LogP contribution < -0.4 is 5.32 Å². The quantitative estimate of drug-likeness (QED) is 0.525. The van der Waals surface area contributed by atoms with E-state index < -0.39 is 10.8 Å². The van der Waals surface area contributed by atoms with E-state index in [4.69, 9.17) is 0 Å². The normalized spacial score (nSPS) is 9.96. The molecule has 0 fully saturated rings. The Morgan fingerprint density at radius 3 is 2.39 bits per heavy atom. The fourth-order valence-corrected chi connectivity index (χ4v) is 3.03. The molecule has 0 unspecified atom stereocenters. The summed E-state index contributed by atoms with van der Waals surface area (Å²) in [5, 5.41) is 22.7. The van der Waals surface area contributed by atoms with Crippen LogP contribution in [0.1, 0.15) is 38.1 Å². The lowest BCUT2D eigenvalue weighted by atomic mass is 10.1. The summed E-state index contributed by atoms with van der Waals surface area (Å²) in [5.41, 5.74) is 0.875. The summed E-state index contributed by atoms with van der Waals surface area (Å²) in [6.07, 6.45) is 0. The first-order valence-electron chi connectivity index (χ1n) is 6.45. The van der Waals surface area contributed by atoms with Gasteiger partial charge >= 0.3 is 0 Å². The first-order chi connectivity index (χ1) is 10.8. The van der Waals surface area contributed by atoms with E-state index >= 15 is 0 Å². The summed E-state index contributed by atoms with van der Waals surface area (Å²) >= 11 is 1.04. The van der Waals surface area contributed by atoms with E-state index in [0.717, 1.165) is 11.3 Å². The summed E-state index contributed by atoms with van der Waals surface area (Å²) in [7, 11) is 0. The minimum atomic E-state index is -0.558. The molecule has 0 aliphatic rings. The maximum Gasteiger partial charge on any atom is 0.269 e. The molecule has 0 atom stereocenters. The number of carbonyl (C=O) groups is 2. The number of carbonyl (C=O) groups excluding carboxylic acids is 2. The molecule has 8 heteroatoms. The number of nitriles is 1. The van der Waals surface area contributed by atoms with Crippen molar-refractivity contribution in [3.8, 4) is 6.07 Å². The molecule has 0 saturated carbocycles. The van der Waals surface area contributed by atoms with Crippen molar-refractivity contribution in [2.75, 3.05) is 5.32 Å². The molecule has 2 aromatic rings. The zero-order valence-electron chi connectivity index (χ0n) is 12.2. The highest BCUT2D eigenvalue weighted by Crippen LogP contribution is 2.33. The molecule has 0 aliphatic carbocycles. The van der Waals surface area contributed by atoms with Crippen LogP contribution in [0.3, 0.4) is 0 Å². The highest BCUT2D eigenvalue weighted by Gasteiger charge is 2.20. The van der Waals surface area contributed by atoms with Gasteiger partial charge in [-0.25, -0.2) is 0 Å². The number of non-ortho nitro benzene ring substituents is 1. The molecule has 1 amide bonds. The van der Waals surface area contributed by atoms with Crippen LogP contribution in [0.15, 0.2) is 24.3 Å². The number of nitrogens with zero attached hydrogens (tertiary/aromatic N) is 2. The molecular weight excluding hydrogens is 318 g/mol. The third-order valence-corrected chi connectivity index (χ3v) is 4.45. The van der Waals surface area contributed by atoms with Crippen molar-refractivity contribution in [2.24, 2.45) is 0 Å². The van der Waals surface area contributed by atoms with E-state index in [1.54, 1.807) is 6.92 Å². The van der Waals surface area contributed by atoms with Gasteiger partial charge in [0.25, 0.3) is 11.6 Å². The van der Waals surface area contributed by atoms with E-state index in [0.29, 0.717) is 15.4 Å². The minimum Gasteiger partial charge on any atom is -0.312 e. The Bertz CT molecular complexity index is 847.